The van der Waals surface area contributed by atoms with Gasteiger partial charge < -0.3 is 15.1 Å². The minimum absolute atomic E-state index is 0.0906. The first kappa shape index (κ1) is 17.7. The lowest BCUT2D eigenvalue weighted by molar-refractivity contribution is -0.138. The number of phenols is 2. The van der Waals surface area contributed by atoms with Crippen LogP contribution in [0.15, 0.2) is 42.5 Å². The van der Waals surface area contributed by atoms with Gasteiger partial charge >= 0.3 is 6.18 Å². The molecule has 128 valence electrons. The average molecular weight is 339 g/mol. The third kappa shape index (κ3) is 4.65. The molecule has 0 saturated carbocycles. The van der Waals surface area contributed by atoms with Gasteiger partial charge in [-0.1, -0.05) is 18.2 Å². The number of benzene rings is 2. The van der Waals surface area contributed by atoms with Crippen LogP contribution in [0.1, 0.15) is 16.7 Å². The van der Waals surface area contributed by atoms with E-state index in [1.54, 1.807) is 12.1 Å². The van der Waals surface area contributed by atoms with Crippen molar-refractivity contribution in [1.29, 1.82) is 0 Å². The Kier molecular flexibility index (Phi) is 5.33. The van der Waals surface area contributed by atoms with Gasteiger partial charge in [-0.25, -0.2) is 0 Å². The van der Waals surface area contributed by atoms with Crippen molar-refractivity contribution < 1.29 is 28.2 Å². The Balaban J connectivity index is 2.01. The van der Waals surface area contributed by atoms with Crippen LogP contribution in [0.2, 0.25) is 0 Å². The van der Waals surface area contributed by atoms with Crippen LogP contribution in [0.4, 0.5) is 13.2 Å². The molecule has 2 N–H and O–H groups in total. The number of amides is 1. The van der Waals surface area contributed by atoms with Crippen molar-refractivity contribution in [3.63, 3.8) is 0 Å². The summed E-state index contributed by atoms with van der Waals surface area (Å²) >= 11 is 0. The lowest BCUT2D eigenvalue weighted by Crippen LogP contribution is -2.24. The minimum atomic E-state index is -4.62. The number of aromatic hydroxyl groups is 2. The number of halogens is 3. The lowest BCUT2D eigenvalue weighted by Gasteiger charge is -2.18. The molecule has 0 spiro atoms. The summed E-state index contributed by atoms with van der Waals surface area (Å²) in [6.45, 7) is 0.448. The standard InChI is InChI=1S/C17H16F3NO3/c18-17(19,20)15-6-3-13(9-16(15)24)10-21(11-22)8-7-12-1-4-14(23)5-2-12/h1-6,9,11,23-24H,7-8,10H2. The highest BCUT2D eigenvalue weighted by Crippen LogP contribution is 2.36. The quantitative estimate of drug-likeness (QED) is 0.794. The van der Waals surface area contributed by atoms with E-state index in [0.717, 1.165) is 17.7 Å². The van der Waals surface area contributed by atoms with Crippen LogP contribution in [-0.2, 0) is 23.9 Å². The number of phenolic OH excluding ortho intramolecular Hbond substituents is 2. The second-order valence-corrected chi connectivity index (χ2v) is 5.34. The number of alkyl halides is 3. The molecule has 0 saturated heterocycles. The topological polar surface area (TPSA) is 60.8 Å². The van der Waals surface area contributed by atoms with Crippen LogP contribution in [-0.4, -0.2) is 28.1 Å². The van der Waals surface area contributed by atoms with Gasteiger partial charge in [-0.3, -0.25) is 4.79 Å². The Morgan fingerprint density at radius 1 is 1.00 bits per heavy atom. The van der Waals surface area contributed by atoms with E-state index in [2.05, 4.69) is 0 Å². The zero-order valence-electron chi connectivity index (χ0n) is 12.6. The van der Waals surface area contributed by atoms with Crippen molar-refractivity contribution in [2.45, 2.75) is 19.1 Å². The van der Waals surface area contributed by atoms with Gasteiger partial charge in [0.15, 0.2) is 0 Å². The maximum atomic E-state index is 12.6. The Morgan fingerprint density at radius 3 is 2.17 bits per heavy atom. The molecule has 2 aromatic carbocycles. The van der Waals surface area contributed by atoms with Crippen LogP contribution in [0.3, 0.4) is 0 Å². The second kappa shape index (κ2) is 7.25. The fourth-order valence-corrected chi connectivity index (χ4v) is 2.25. The molecule has 7 heteroatoms. The van der Waals surface area contributed by atoms with E-state index in [-0.39, 0.29) is 12.3 Å². The molecule has 2 aromatic rings. The summed E-state index contributed by atoms with van der Waals surface area (Å²) in [7, 11) is 0. The molecule has 1 amide bonds. The zero-order valence-corrected chi connectivity index (χ0v) is 12.6. The first-order valence-electron chi connectivity index (χ1n) is 7.16. The van der Waals surface area contributed by atoms with Crippen molar-refractivity contribution in [3.05, 3.63) is 59.2 Å². The molecule has 0 radical (unpaired) electrons. The normalized spacial score (nSPS) is 11.3. The smallest absolute Gasteiger partial charge is 0.419 e. The fraction of sp³-hybridized carbons (Fsp3) is 0.235. The molecular formula is C17H16F3NO3. The Labute approximate surface area is 136 Å². The maximum Gasteiger partial charge on any atom is 0.419 e. The first-order valence-corrected chi connectivity index (χ1v) is 7.16. The molecule has 0 atom stereocenters. The van der Waals surface area contributed by atoms with Gasteiger partial charge in [-0.05, 0) is 41.8 Å². The Morgan fingerprint density at radius 2 is 1.62 bits per heavy atom. The summed E-state index contributed by atoms with van der Waals surface area (Å²) in [4.78, 5) is 12.5. The molecule has 0 fully saturated rings. The minimum Gasteiger partial charge on any atom is -0.508 e. The number of rotatable bonds is 6. The van der Waals surface area contributed by atoms with Crippen LogP contribution in [0.25, 0.3) is 0 Å². The predicted octanol–water partition coefficient (Wildman–Crippen LogP) is 3.32. The molecular weight excluding hydrogens is 323 g/mol. The highest BCUT2D eigenvalue weighted by Gasteiger charge is 2.33. The van der Waals surface area contributed by atoms with E-state index in [4.69, 9.17) is 0 Å². The van der Waals surface area contributed by atoms with Gasteiger partial charge in [0, 0.05) is 13.1 Å². The van der Waals surface area contributed by atoms with Crippen molar-refractivity contribution in [1.82, 2.24) is 4.90 Å². The van der Waals surface area contributed by atoms with E-state index < -0.39 is 17.5 Å². The Hall–Kier alpha value is -2.70. The maximum absolute atomic E-state index is 12.6. The van der Waals surface area contributed by atoms with Crippen LogP contribution in [0.5, 0.6) is 11.5 Å². The summed E-state index contributed by atoms with van der Waals surface area (Å²) in [5.41, 5.74) is 0.209. The van der Waals surface area contributed by atoms with Gasteiger partial charge in [0.05, 0.1) is 5.56 Å². The third-order valence-electron chi connectivity index (χ3n) is 3.53. The highest BCUT2D eigenvalue weighted by molar-refractivity contribution is 5.48. The highest BCUT2D eigenvalue weighted by atomic mass is 19.4. The summed E-state index contributed by atoms with van der Waals surface area (Å²) in [6, 6.07) is 9.57. The number of carbonyl (C=O) groups excluding carboxylic acids is 1. The van der Waals surface area contributed by atoms with Crippen molar-refractivity contribution in [2.75, 3.05) is 6.54 Å². The fourth-order valence-electron chi connectivity index (χ4n) is 2.25. The lowest BCUT2D eigenvalue weighted by atomic mass is 10.1. The molecule has 2 rings (SSSR count). The van der Waals surface area contributed by atoms with E-state index in [1.165, 1.54) is 23.1 Å². The number of nitrogens with zero attached hydrogens (tertiary/aromatic N) is 1. The van der Waals surface area contributed by atoms with Crippen molar-refractivity contribution in [3.8, 4) is 11.5 Å². The monoisotopic (exact) mass is 339 g/mol. The molecule has 0 aromatic heterocycles. The van der Waals surface area contributed by atoms with Gasteiger partial charge in [0.25, 0.3) is 0 Å². The summed E-state index contributed by atoms with van der Waals surface area (Å²) in [6.07, 6.45) is -3.48. The van der Waals surface area contributed by atoms with E-state index in [1.807, 2.05) is 0 Å². The molecule has 0 aliphatic heterocycles. The predicted molar refractivity (Wildman–Crippen MR) is 81.4 cm³/mol. The molecule has 4 nitrogen and oxygen atoms in total. The average Bonchev–Trinajstić information content (AvgIpc) is 2.51. The van der Waals surface area contributed by atoms with E-state index in [9.17, 15) is 28.2 Å². The van der Waals surface area contributed by atoms with Gasteiger partial charge in [0.2, 0.25) is 6.41 Å². The van der Waals surface area contributed by atoms with E-state index >= 15 is 0 Å². The summed E-state index contributed by atoms with van der Waals surface area (Å²) < 4.78 is 37.8. The molecule has 0 bridgehead atoms. The molecule has 0 aliphatic carbocycles. The molecule has 0 unspecified atom stereocenters. The number of carbonyl (C=O) groups is 1. The van der Waals surface area contributed by atoms with E-state index in [0.29, 0.717) is 24.9 Å². The summed E-state index contributed by atoms with van der Waals surface area (Å²) in [5.74, 6) is -0.712. The number of hydrogen-bond donors (Lipinski definition) is 2. The number of hydrogen-bond acceptors (Lipinski definition) is 3. The van der Waals surface area contributed by atoms with Crippen molar-refractivity contribution in [2.24, 2.45) is 0 Å². The SMILES string of the molecule is O=CN(CCc1ccc(O)cc1)Cc1ccc(C(F)(F)F)c(O)c1. The van der Waals surface area contributed by atoms with Gasteiger partial charge in [-0.15, -0.1) is 0 Å². The van der Waals surface area contributed by atoms with Crippen LogP contribution in [0, 0.1) is 0 Å². The van der Waals surface area contributed by atoms with Gasteiger partial charge in [-0.2, -0.15) is 13.2 Å². The molecule has 24 heavy (non-hydrogen) atoms. The van der Waals surface area contributed by atoms with Gasteiger partial charge in [0.1, 0.15) is 11.5 Å². The van der Waals surface area contributed by atoms with Crippen LogP contribution < -0.4 is 0 Å². The zero-order chi connectivity index (χ0) is 17.7. The second-order valence-electron chi connectivity index (χ2n) is 5.34. The Bertz CT molecular complexity index is 699. The largest absolute Gasteiger partial charge is 0.508 e. The molecule has 0 heterocycles. The van der Waals surface area contributed by atoms with Crippen molar-refractivity contribution >= 4 is 6.41 Å². The van der Waals surface area contributed by atoms with Crippen LogP contribution >= 0.6 is 0 Å². The first-order chi connectivity index (χ1) is 11.3. The molecule has 0 aliphatic rings. The summed E-state index contributed by atoms with van der Waals surface area (Å²) in [5, 5.41) is 18.7. The third-order valence-corrected chi connectivity index (χ3v) is 3.53.